The van der Waals surface area contributed by atoms with Crippen molar-refractivity contribution in [3.63, 3.8) is 0 Å². The highest BCUT2D eigenvalue weighted by Crippen LogP contribution is 2.21. The molecule has 0 aliphatic carbocycles. The summed E-state index contributed by atoms with van der Waals surface area (Å²) < 4.78 is 7.14. The van der Waals surface area contributed by atoms with E-state index in [-0.39, 0.29) is 0 Å². The third-order valence-corrected chi connectivity index (χ3v) is 2.82. The van der Waals surface area contributed by atoms with Crippen LogP contribution >= 0.6 is 0 Å². The van der Waals surface area contributed by atoms with Crippen molar-refractivity contribution in [1.82, 2.24) is 9.78 Å². The summed E-state index contributed by atoms with van der Waals surface area (Å²) in [6.07, 6.45) is 6.41. The number of carbonyl (C=O) groups is 1. The van der Waals surface area contributed by atoms with Gasteiger partial charge < -0.3 is 9.84 Å². The summed E-state index contributed by atoms with van der Waals surface area (Å²) in [4.78, 5) is 10.5. The summed E-state index contributed by atoms with van der Waals surface area (Å²) in [6.45, 7) is 2.55. The molecule has 0 amide bonds. The molecule has 0 atom stereocenters. The third kappa shape index (κ3) is 3.47. The monoisotopic (exact) mass is 272 g/mol. The second-order valence-electron chi connectivity index (χ2n) is 4.46. The molecule has 104 valence electrons. The molecular formula is C15H16N2O3. The van der Waals surface area contributed by atoms with E-state index in [0.29, 0.717) is 6.54 Å². The van der Waals surface area contributed by atoms with Crippen molar-refractivity contribution in [2.24, 2.45) is 0 Å². The Bertz CT molecular complexity index is 644. The van der Waals surface area contributed by atoms with Gasteiger partial charge in [-0.1, -0.05) is 6.07 Å². The Morgan fingerprint density at radius 2 is 2.30 bits per heavy atom. The molecule has 1 N–H and O–H groups in total. The van der Waals surface area contributed by atoms with Crippen LogP contribution in [0.4, 0.5) is 0 Å². The summed E-state index contributed by atoms with van der Waals surface area (Å²) in [7, 11) is 1.61. The Kier molecular flexibility index (Phi) is 4.20. The highest BCUT2D eigenvalue weighted by molar-refractivity contribution is 5.85. The number of aliphatic carboxylic acids is 1. The van der Waals surface area contributed by atoms with E-state index < -0.39 is 5.97 Å². The van der Waals surface area contributed by atoms with Gasteiger partial charge in [0.05, 0.1) is 19.9 Å². The molecule has 0 radical (unpaired) electrons. The zero-order chi connectivity index (χ0) is 14.5. The van der Waals surface area contributed by atoms with Gasteiger partial charge in [0.2, 0.25) is 0 Å². The summed E-state index contributed by atoms with van der Waals surface area (Å²) in [6, 6.07) is 5.54. The van der Waals surface area contributed by atoms with Gasteiger partial charge in [0.25, 0.3) is 0 Å². The largest absolute Gasteiger partial charge is 0.496 e. The van der Waals surface area contributed by atoms with Crippen LogP contribution in [0, 0.1) is 6.92 Å². The average molecular weight is 272 g/mol. The number of benzene rings is 1. The summed E-state index contributed by atoms with van der Waals surface area (Å²) in [5.74, 6) is -0.212. The maximum atomic E-state index is 10.5. The minimum atomic E-state index is -0.968. The van der Waals surface area contributed by atoms with Crippen LogP contribution in [0.3, 0.4) is 0 Å². The molecule has 1 aromatic heterocycles. The lowest BCUT2D eigenvalue weighted by molar-refractivity contribution is -0.131. The van der Waals surface area contributed by atoms with Crippen LogP contribution in [0.1, 0.15) is 16.7 Å². The molecule has 20 heavy (non-hydrogen) atoms. The van der Waals surface area contributed by atoms with Gasteiger partial charge in [-0.2, -0.15) is 5.10 Å². The SMILES string of the molecule is COc1ccc(C=CC(=O)O)cc1Cn1cc(C)cn1. The molecule has 0 unspecified atom stereocenters. The van der Waals surface area contributed by atoms with Gasteiger partial charge in [0.1, 0.15) is 5.75 Å². The number of hydrogen-bond acceptors (Lipinski definition) is 3. The third-order valence-electron chi connectivity index (χ3n) is 2.82. The fraction of sp³-hybridized carbons (Fsp3) is 0.200. The lowest BCUT2D eigenvalue weighted by atomic mass is 10.1. The van der Waals surface area contributed by atoms with Crippen molar-refractivity contribution < 1.29 is 14.6 Å². The fourth-order valence-electron chi connectivity index (χ4n) is 1.92. The molecule has 0 spiro atoms. The number of methoxy groups -OCH3 is 1. The predicted octanol–water partition coefficient (Wildman–Crippen LogP) is 2.35. The number of carboxylic acids is 1. The molecule has 5 heteroatoms. The number of carboxylic acid groups (broad SMARTS) is 1. The van der Waals surface area contributed by atoms with Gasteiger partial charge in [-0.25, -0.2) is 4.79 Å². The number of aryl methyl sites for hydroxylation is 1. The van der Waals surface area contributed by atoms with E-state index in [0.717, 1.165) is 28.5 Å². The number of aromatic nitrogens is 2. The molecule has 0 fully saturated rings. The quantitative estimate of drug-likeness (QED) is 0.848. The van der Waals surface area contributed by atoms with Crippen molar-refractivity contribution in [2.75, 3.05) is 7.11 Å². The van der Waals surface area contributed by atoms with Crippen LogP contribution in [-0.2, 0) is 11.3 Å². The molecule has 5 nitrogen and oxygen atoms in total. The van der Waals surface area contributed by atoms with Gasteiger partial charge in [-0.05, 0) is 36.3 Å². The molecule has 2 aromatic rings. The van der Waals surface area contributed by atoms with Gasteiger partial charge >= 0.3 is 5.97 Å². The van der Waals surface area contributed by atoms with Gasteiger partial charge in [0, 0.05) is 17.8 Å². The van der Waals surface area contributed by atoms with Crippen LogP contribution in [-0.4, -0.2) is 28.0 Å². The zero-order valence-electron chi connectivity index (χ0n) is 11.4. The first-order valence-electron chi connectivity index (χ1n) is 6.15. The Balaban J connectivity index is 2.29. The molecule has 0 saturated carbocycles. The van der Waals surface area contributed by atoms with Crippen molar-refractivity contribution in [2.45, 2.75) is 13.5 Å². The van der Waals surface area contributed by atoms with Gasteiger partial charge in [-0.15, -0.1) is 0 Å². The maximum absolute atomic E-state index is 10.5. The number of ether oxygens (including phenoxy) is 1. The summed E-state index contributed by atoms with van der Waals surface area (Å²) in [5.41, 5.74) is 2.85. The predicted molar refractivity (Wildman–Crippen MR) is 75.7 cm³/mol. The van der Waals surface area contributed by atoms with Crippen LogP contribution < -0.4 is 4.74 Å². The average Bonchev–Trinajstić information content (AvgIpc) is 2.82. The Labute approximate surface area is 117 Å². The lowest BCUT2D eigenvalue weighted by Crippen LogP contribution is -2.02. The van der Waals surface area contributed by atoms with Crippen molar-refractivity contribution in [1.29, 1.82) is 0 Å². The van der Waals surface area contributed by atoms with Crippen molar-refractivity contribution in [3.8, 4) is 5.75 Å². The zero-order valence-corrected chi connectivity index (χ0v) is 11.4. The molecule has 0 bridgehead atoms. The molecule has 0 aliphatic heterocycles. The van der Waals surface area contributed by atoms with Crippen LogP contribution in [0.25, 0.3) is 6.08 Å². The fourth-order valence-corrected chi connectivity index (χ4v) is 1.92. The first-order valence-corrected chi connectivity index (χ1v) is 6.15. The topological polar surface area (TPSA) is 64.3 Å². The van der Waals surface area contributed by atoms with Gasteiger partial charge in [-0.3, -0.25) is 4.68 Å². The minimum Gasteiger partial charge on any atom is -0.496 e. The maximum Gasteiger partial charge on any atom is 0.328 e. The standard InChI is InChI=1S/C15H16N2O3/c1-11-8-16-17(9-11)10-13-7-12(4-6-15(18)19)3-5-14(13)20-2/h3-9H,10H2,1-2H3,(H,18,19). The van der Waals surface area contributed by atoms with E-state index in [4.69, 9.17) is 9.84 Å². The van der Waals surface area contributed by atoms with Crippen LogP contribution in [0.2, 0.25) is 0 Å². The molecule has 0 aliphatic rings. The van der Waals surface area contributed by atoms with E-state index in [1.54, 1.807) is 19.4 Å². The number of hydrogen-bond donors (Lipinski definition) is 1. The molecule has 2 rings (SSSR count). The van der Waals surface area contributed by atoms with Crippen molar-refractivity contribution in [3.05, 3.63) is 53.4 Å². The minimum absolute atomic E-state index is 0.575. The smallest absolute Gasteiger partial charge is 0.328 e. The normalized spacial score (nSPS) is 10.9. The highest BCUT2D eigenvalue weighted by Gasteiger charge is 2.05. The second kappa shape index (κ2) is 6.06. The lowest BCUT2D eigenvalue weighted by Gasteiger charge is -2.09. The van der Waals surface area contributed by atoms with E-state index in [9.17, 15) is 4.79 Å². The number of nitrogens with zero attached hydrogens (tertiary/aromatic N) is 2. The van der Waals surface area contributed by atoms with E-state index >= 15 is 0 Å². The van der Waals surface area contributed by atoms with Crippen molar-refractivity contribution >= 4 is 12.0 Å². The number of rotatable bonds is 5. The van der Waals surface area contributed by atoms with E-state index in [1.165, 1.54) is 0 Å². The highest BCUT2D eigenvalue weighted by atomic mass is 16.5. The second-order valence-corrected chi connectivity index (χ2v) is 4.46. The molecule has 0 saturated heterocycles. The van der Waals surface area contributed by atoms with E-state index in [1.807, 2.05) is 36.0 Å². The van der Waals surface area contributed by atoms with E-state index in [2.05, 4.69) is 5.10 Å². The molecular weight excluding hydrogens is 256 g/mol. The first kappa shape index (κ1) is 13.9. The Morgan fingerprint density at radius 3 is 2.90 bits per heavy atom. The molecule has 1 heterocycles. The molecule has 1 aromatic carbocycles. The Morgan fingerprint density at radius 1 is 1.50 bits per heavy atom. The summed E-state index contributed by atoms with van der Waals surface area (Å²) in [5, 5.41) is 12.9. The van der Waals surface area contributed by atoms with Crippen LogP contribution in [0.5, 0.6) is 5.75 Å². The summed E-state index contributed by atoms with van der Waals surface area (Å²) >= 11 is 0. The van der Waals surface area contributed by atoms with Crippen LogP contribution in [0.15, 0.2) is 36.7 Å². The Hall–Kier alpha value is -2.56. The van der Waals surface area contributed by atoms with Gasteiger partial charge in [0.15, 0.2) is 0 Å². The first-order chi connectivity index (χ1) is 9.58.